The van der Waals surface area contributed by atoms with Gasteiger partial charge < -0.3 is 4.74 Å². The Morgan fingerprint density at radius 3 is 2.50 bits per heavy atom. The summed E-state index contributed by atoms with van der Waals surface area (Å²) in [5, 5.41) is 3.29. The topological polar surface area (TPSA) is 97.4 Å². The monoisotopic (exact) mass is 467 g/mol. The van der Waals surface area contributed by atoms with Gasteiger partial charge in [0.25, 0.3) is 15.9 Å². The minimum atomic E-state index is -3.81. The highest BCUT2D eigenvalue weighted by molar-refractivity contribution is 7.92. The van der Waals surface area contributed by atoms with Crippen molar-refractivity contribution in [2.24, 2.45) is 0 Å². The van der Waals surface area contributed by atoms with Crippen molar-refractivity contribution < 1.29 is 17.9 Å². The Morgan fingerprint density at radius 2 is 1.78 bits per heavy atom. The lowest BCUT2D eigenvalue weighted by Crippen LogP contribution is -2.15. The van der Waals surface area contributed by atoms with Gasteiger partial charge in [-0.2, -0.15) is 0 Å². The van der Waals surface area contributed by atoms with Crippen LogP contribution in [-0.2, 0) is 10.0 Å². The number of aromatic nitrogens is 1. The number of methoxy groups -OCH3 is 1. The van der Waals surface area contributed by atoms with E-state index in [1.54, 1.807) is 30.3 Å². The SMILES string of the molecule is COc1ccc(S(=O)(=O)Nc2cccc(C(=O)Nc3nc4c(C)cc(C)cc4s3)c2)cc1. The zero-order valence-corrected chi connectivity index (χ0v) is 19.3. The Bertz CT molecular complexity index is 1410. The highest BCUT2D eigenvalue weighted by atomic mass is 32.2. The zero-order valence-electron chi connectivity index (χ0n) is 17.7. The minimum Gasteiger partial charge on any atom is -0.497 e. The number of carbonyl (C=O) groups is 1. The van der Waals surface area contributed by atoms with Crippen LogP contribution in [0.15, 0.2) is 65.6 Å². The van der Waals surface area contributed by atoms with Gasteiger partial charge in [0.1, 0.15) is 5.75 Å². The van der Waals surface area contributed by atoms with Crippen LogP contribution in [0.25, 0.3) is 10.2 Å². The summed E-state index contributed by atoms with van der Waals surface area (Å²) in [5.41, 5.74) is 3.63. The van der Waals surface area contributed by atoms with Gasteiger partial charge in [0.2, 0.25) is 0 Å². The maximum Gasteiger partial charge on any atom is 0.261 e. The molecule has 0 spiro atoms. The standard InChI is InChI=1S/C23H21N3O4S2/c1-14-11-15(2)21-20(12-14)31-23(24-21)25-22(27)16-5-4-6-17(13-16)26-32(28,29)19-9-7-18(30-3)8-10-19/h4-13,26H,1-3H3,(H,24,25,27). The van der Waals surface area contributed by atoms with Gasteiger partial charge in [-0.05, 0) is 73.5 Å². The molecular formula is C23H21N3O4S2. The first-order chi connectivity index (χ1) is 15.2. The third kappa shape index (κ3) is 4.58. The van der Waals surface area contributed by atoms with E-state index in [0.29, 0.717) is 16.4 Å². The largest absolute Gasteiger partial charge is 0.497 e. The van der Waals surface area contributed by atoms with Crippen LogP contribution in [0.4, 0.5) is 10.8 Å². The number of aryl methyl sites for hydroxylation is 2. The van der Waals surface area contributed by atoms with E-state index in [-0.39, 0.29) is 16.5 Å². The number of ether oxygens (including phenoxy) is 1. The van der Waals surface area contributed by atoms with E-state index >= 15 is 0 Å². The first-order valence-corrected chi connectivity index (χ1v) is 12.0. The summed E-state index contributed by atoms with van der Waals surface area (Å²) in [5.74, 6) is 0.187. The fourth-order valence-corrected chi connectivity index (χ4v) is 5.37. The van der Waals surface area contributed by atoms with Gasteiger partial charge in [-0.1, -0.05) is 23.5 Å². The fourth-order valence-electron chi connectivity index (χ4n) is 3.29. The molecule has 0 saturated heterocycles. The van der Waals surface area contributed by atoms with Crippen LogP contribution in [0, 0.1) is 13.8 Å². The minimum absolute atomic E-state index is 0.0910. The molecule has 1 amide bonds. The van der Waals surface area contributed by atoms with Crippen LogP contribution in [-0.4, -0.2) is 26.4 Å². The Balaban J connectivity index is 1.53. The van der Waals surface area contributed by atoms with Crippen LogP contribution in [0.3, 0.4) is 0 Å². The molecule has 0 atom stereocenters. The summed E-state index contributed by atoms with van der Waals surface area (Å²) in [6.07, 6.45) is 0. The summed E-state index contributed by atoms with van der Waals surface area (Å²) in [7, 11) is -2.30. The molecule has 3 aromatic carbocycles. The smallest absolute Gasteiger partial charge is 0.261 e. The molecule has 2 N–H and O–H groups in total. The van der Waals surface area contributed by atoms with Gasteiger partial charge in [-0.25, -0.2) is 13.4 Å². The number of anilines is 2. The van der Waals surface area contributed by atoms with E-state index in [0.717, 1.165) is 21.3 Å². The number of carbonyl (C=O) groups excluding carboxylic acids is 1. The van der Waals surface area contributed by atoms with E-state index in [1.165, 1.54) is 36.6 Å². The number of nitrogens with zero attached hydrogens (tertiary/aromatic N) is 1. The average molecular weight is 468 g/mol. The number of amides is 1. The van der Waals surface area contributed by atoms with Gasteiger partial charge in [0, 0.05) is 11.3 Å². The van der Waals surface area contributed by atoms with Crippen LogP contribution in [0.5, 0.6) is 5.75 Å². The van der Waals surface area contributed by atoms with Crippen LogP contribution >= 0.6 is 11.3 Å². The van der Waals surface area contributed by atoms with E-state index in [1.807, 2.05) is 26.0 Å². The fraction of sp³-hybridized carbons (Fsp3) is 0.130. The first-order valence-electron chi connectivity index (χ1n) is 9.71. The summed E-state index contributed by atoms with van der Waals surface area (Å²) in [6, 6.07) is 16.4. The van der Waals surface area contributed by atoms with Crippen molar-refractivity contribution >= 4 is 48.3 Å². The predicted molar refractivity (Wildman–Crippen MR) is 127 cm³/mol. The summed E-state index contributed by atoms with van der Waals surface area (Å²) in [4.78, 5) is 17.4. The van der Waals surface area contributed by atoms with Crippen LogP contribution in [0.2, 0.25) is 0 Å². The zero-order chi connectivity index (χ0) is 22.9. The second kappa shape index (κ2) is 8.60. The van der Waals surface area contributed by atoms with Gasteiger partial charge in [-0.15, -0.1) is 0 Å². The van der Waals surface area contributed by atoms with E-state index in [9.17, 15) is 13.2 Å². The summed E-state index contributed by atoms with van der Waals surface area (Å²) < 4.78 is 33.9. The lowest BCUT2D eigenvalue weighted by Gasteiger charge is -2.10. The van der Waals surface area contributed by atoms with E-state index in [4.69, 9.17) is 4.74 Å². The van der Waals surface area contributed by atoms with Crippen LogP contribution < -0.4 is 14.8 Å². The predicted octanol–water partition coefficient (Wildman–Crippen LogP) is 4.97. The highest BCUT2D eigenvalue weighted by Crippen LogP contribution is 2.29. The summed E-state index contributed by atoms with van der Waals surface area (Å²) >= 11 is 1.40. The number of rotatable bonds is 6. The lowest BCUT2D eigenvalue weighted by molar-refractivity contribution is 0.102. The molecule has 164 valence electrons. The Kier molecular flexibility index (Phi) is 5.86. The highest BCUT2D eigenvalue weighted by Gasteiger charge is 2.16. The number of thiazole rings is 1. The molecule has 4 rings (SSSR count). The number of nitrogens with one attached hydrogen (secondary N) is 2. The second-order valence-corrected chi connectivity index (χ2v) is 9.98. The first kappa shape index (κ1) is 21.8. The van der Waals surface area contributed by atoms with Crippen LogP contribution in [0.1, 0.15) is 21.5 Å². The number of fused-ring (bicyclic) bond motifs is 1. The van der Waals surface area contributed by atoms with Crippen molar-refractivity contribution in [2.75, 3.05) is 17.1 Å². The maximum atomic E-state index is 12.8. The average Bonchev–Trinajstić information content (AvgIpc) is 3.16. The molecule has 4 aromatic rings. The number of hydrogen-bond acceptors (Lipinski definition) is 6. The van der Waals surface area contributed by atoms with Gasteiger partial charge >= 0.3 is 0 Å². The molecule has 1 heterocycles. The molecule has 0 saturated carbocycles. The van der Waals surface area contributed by atoms with Gasteiger partial charge in [-0.3, -0.25) is 14.8 Å². The molecule has 0 bridgehead atoms. The molecule has 0 aliphatic rings. The lowest BCUT2D eigenvalue weighted by atomic mass is 10.1. The van der Waals surface area contributed by atoms with E-state index < -0.39 is 10.0 Å². The van der Waals surface area contributed by atoms with E-state index in [2.05, 4.69) is 15.0 Å². The molecule has 0 aliphatic heterocycles. The van der Waals surface area contributed by atoms with Crippen molar-refractivity contribution in [1.82, 2.24) is 4.98 Å². The Labute approximate surface area is 190 Å². The molecule has 0 fully saturated rings. The third-order valence-corrected chi connectivity index (χ3v) is 7.11. The van der Waals surface area contributed by atoms with Crippen molar-refractivity contribution in [3.05, 3.63) is 77.4 Å². The summed E-state index contributed by atoms with van der Waals surface area (Å²) in [6.45, 7) is 4.00. The van der Waals surface area contributed by atoms with Gasteiger partial charge in [0.05, 0.1) is 22.2 Å². The Morgan fingerprint density at radius 1 is 1.03 bits per heavy atom. The third-order valence-electron chi connectivity index (χ3n) is 4.80. The number of hydrogen-bond donors (Lipinski definition) is 2. The molecule has 1 aromatic heterocycles. The molecule has 7 nitrogen and oxygen atoms in total. The quantitative estimate of drug-likeness (QED) is 0.417. The molecule has 0 unspecified atom stereocenters. The maximum absolute atomic E-state index is 12.8. The van der Waals surface area contributed by atoms with Crippen molar-refractivity contribution in [3.8, 4) is 5.75 Å². The molecular weight excluding hydrogens is 446 g/mol. The van der Waals surface area contributed by atoms with Gasteiger partial charge in [0.15, 0.2) is 5.13 Å². The Hall–Kier alpha value is -3.43. The second-order valence-electron chi connectivity index (χ2n) is 7.26. The molecule has 0 radical (unpaired) electrons. The molecule has 32 heavy (non-hydrogen) atoms. The number of benzene rings is 3. The molecule has 9 heteroatoms. The van der Waals surface area contributed by atoms with Crippen molar-refractivity contribution in [3.63, 3.8) is 0 Å². The van der Waals surface area contributed by atoms with Crippen molar-refractivity contribution in [2.45, 2.75) is 18.7 Å². The normalized spacial score (nSPS) is 11.3. The number of sulfonamides is 1. The molecule has 0 aliphatic carbocycles. The van der Waals surface area contributed by atoms with Crippen molar-refractivity contribution in [1.29, 1.82) is 0 Å².